The number of rotatable bonds is 7. The number of para-hydroxylation sites is 3. The molecule has 0 spiro atoms. The SMILES string of the molecule is c1ccc(N(c2ccc(-c3ccc(-c4cccc5c4oc4ccccc45)cc3)cc2)c2ccc3c(c2)-c2ccccc2C3(c2ccccc2)c2ccccc2)cc1. The van der Waals surface area contributed by atoms with E-state index in [4.69, 9.17) is 4.42 Å². The van der Waals surface area contributed by atoms with Crippen LogP contribution in [0.25, 0.3) is 55.3 Å². The van der Waals surface area contributed by atoms with Gasteiger partial charge in [0.1, 0.15) is 11.2 Å². The van der Waals surface area contributed by atoms with Crippen molar-refractivity contribution < 1.29 is 4.42 Å². The Morgan fingerprint density at radius 2 is 0.842 bits per heavy atom. The summed E-state index contributed by atoms with van der Waals surface area (Å²) in [5.74, 6) is 0. The van der Waals surface area contributed by atoms with Crippen molar-refractivity contribution >= 4 is 39.0 Å². The highest BCUT2D eigenvalue weighted by Gasteiger charge is 2.46. The van der Waals surface area contributed by atoms with Gasteiger partial charge in [0.25, 0.3) is 0 Å². The summed E-state index contributed by atoms with van der Waals surface area (Å²) in [7, 11) is 0. The van der Waals surface area contributed by atoms with Crippen molar-refractivity contribution in [3.8, 4) is 33.4 Å². The minimum atomic E-state index is -0.430. The van der Waals surface area contributed by atoms with E-state index in [0.717, 1.165) is 50.1 Å². The molecule has 0 saturated heterocycles. The van der Waals surface area contributed by atoms with Crippen LogP contribution in [0.3, 0.4) is 0 Å². The summed E-state index contributed by atoms with van der Waals surface area (Å²) in [6.07, 6.45) is 0. The molecule has 0 saturated carbocycles. The van der Waals surface area contributed by atoms with Crippen molar-refractivity contribution in [2.24, 2.45) is 0 Å². The molecule has 0 atom stereocenters. The predicted molar refractivity (Wildman–Crippen MR) is 237 cm³/mol. The highest BCUT2D eigenvalue weighted by Crippen LogP contribution is 2.57. The zero-order valence-electron chi connectivity index (χ0n) is 31.2. The lowest BCUT2D eigenvalue weighted by Gasteiger charge is -2.34. The van der Waals surface area contributed by atoms with Crippen LogP contribution < -0.4 is 4.90 Å². The smallest absolute Gasteiger partial charge is 0.143 e. The summed E-state index contributed by atoms with van der Waals surface area (Å²) in [5.41, 5.74) is 17.0. The number of fused-ring (bicyclic) bond motifs is 6. The van der Waals surface area contributed by atoms with E-state index >= 15 is 0 Å². The molecule has 10 aromatic rings. The Bertz CT molecular complexity index is 3000. The van der Waals surface area contributed by atoms with E-state index in [-0.39, 0.29) is 0 Å². The molecule has 268 valence electrons. The second-order valence-electron chi connectivity index (χ2n) is 14.8. The van der Waals surface area contributed by atoms with E-state index in [2.05, 4.69) is 217 Å². The third-order valence-corrected chi connectivity index (χ3v) is 11.8. The van der Waals surface area contributed by atoms with Gasteiger partial charge in [0.05, 0.1) is 5.41 Å². The Morgan fingerprint density at radius 1 is 0.333 bits per heavy atom. The third-order valence-electron chi connectivity index (χ3n) is 11.8. The maximum atomic E-state index is 6.35. The first kappa shape index (κ1) is 33.0. The van der Waals surface area contributed by atoms with Crippen molar-refractivity contribution in [1.29, 1.82) is 0 Å². The zero-order chi connectivity index (χ0) is 37.8. The first-order chi connectivity index (χ1) is 28.3. The van der Waals surface area contributed by atoms with Crippen molar-refractivity contribution in [1.82, 2.24) is 0 Å². The summed E-state index contributed by atoms with van der Waals surface area (Å²) in [5, 5.41) is 2.29. The molecule has 0 bridgehead atoms. The number of benzene rings is 9. The number of nitrogens with zero attached hydrogens (tertiary/aromatic N) is 1. The molecule has 2 heteroatoms. The van der Waals surface area contributed by atoms with Crippen LogP contribution in [-0.2, 0) is 5.41 Å². The maximum absolute atomic E-state index is 6.35. The van der Waals surface area contributed by atoms with Gasteiger partial charge in [-0.05, 0) is 92.5 Å². The summed E-state index contributed by atoms with van der Waals surface area (Å²) in [6, 6.07) is 81.1. The number of hydrogen-bond acceptors (Lipinski definition) is 2. The highest BCUT2D eigenvalue weighted by molar-refractivity contribution is 6.09. The molecule has 0 unspecified atom stereocenters. The van der Waals surface area contributed by atoms with Crippen molar-refractivity contribution in [3.05, 3.63) is 247 Å². The van der Waals surface area contributed by atoms with Crippen LogP contribution in [0.2, 0.25) is 0 Å². The monoisotopic (exact) mass is 727 g/mol. The molecule has 0 fully saturated rings. The van der Waals surface area contributed by atoms with Crippen LogP contribution in [-0.4, -0.2) is 0 Å². The van der Waals surface area contributed by atoms with E-state index in [0.29, 0.717) is 0 Å². The Morgan fingerprint density at radius 3 is 1.56 bits per heavy atom. The van der Waals surface area contributed by atoms with Gasteiger partial charge in [-0.1, -0.05) is 182 Å². The number of furan rings is 1. The molecule has 1 aliphatic rings. The molecule has 0 N–H and O–H groups in total. The second kappa shape index (κ2) is 13.4. The standard InChI is InChI=1S/C55H37NO/c1-4-15-41(16-5-1)55(42-17-6-2-7-18-42)51-25-12-10-21-47(51)50-37-45(35-36-52(50)55)56(43-19-8-3-9-20-43)44-33-31-39(32-34-44)38-27-29-40(30-28-38)46-23-14-24-49-48-22-11-13-26-53(48)57-54(46)49/h1-37H. The molecule has 0 aliphatic heterocycles. The lowest BCUT2D eigenvalue weighted by molar-refractivity contribution is 0.670. The van der Waals surface area contributed by atoms with Gasteiger partial charge >= 0.3 is 0 Å². The van der Waals surface area contributed by atoms with Crippen molar-refractivity contribution in [2.75, 3.05) is 4.90 Å². The molecule has 2 nitrogen and oxygen atoms in total. The first-order valence-electron chi connectivity index (χ1n) is 19.6. The highest BCUT2D eigenvalue weighted by atomic mass is 16.3. The minimum absolute atomic E-state index is 0.430. The van der Waals surface area contributed by atoms with Crippen LogP contribution in [0.4, 0.5) is 17.1 Å². The van der Waals surface area contributed by atoms with Gasteiger partial charge in [-0.15, -0.1) is 0 Å². The normalized spacial score (nSPS) is 12.7. The van der Waals surface area contributed by atoms with E-state index < -0.39 is 5.41 Å². The van der Waals surface area contributed by atoms with Gasteiger partial charge in [-0.2, -0.15) is 0 Å². The summed E-state index contributed by atoms with van der Waals surface area (Å²) in [6.45, 7) is 0. The van der Waals surface area contributed by atoms with Crippen LogP contribution in [0.5, 0.6) is 0 Å². The van der Waals surface area contributed by atoms with Crippen LogP contribution in [0, 0.1) is 0 Å². The molecule has 1 aromatic heterocycles. The topological polar surface area (TPSA) is 16.4 Å². The average Bonchev–Trinajstić information content (AvgIpc) is 3.82. The third kappa shape index (κ3) is 5.26. The van der Waals surface area contributed by atoms with E-state index in [9.17, 15) is 0 Å². The fourth-order valence-electron chi connectivity index (χ4n) is 9.22. The fourth-order valence-corrected chi connectivity index (χ4v) is 9.22. The lowest BCUT2D eigenvalue weighted by Crippen LogP contribution is -2.28. The summed E-state index contributed by atoms with van der Waals surface area (Å²) < 4.78 is 6.35. The van der Waals surface area contributed by atoms with E-state index in [1.807, 2.05) is 12.1 Å². The zero-order valence-corrected chi connectivity index (χ0v) is 31.2. The molecule has 9 aromatic carbocycles. The quantitative estimate of drug-likeness (QED) is 0.163. The van der Waals surface area contributed by atoms with Gasteiger partial charge < -0.3 is 9.32 Å². The Balaban J connectivity index is 0.985. The van der Waals surface area contributed by atoms with Gasteiger partial charge in [-0.25, -0.2) is 0 Å². The van der Waals surface area contributed by atoms with E-state index in [1.54, 1.807) is 0 Å². The van der Waals surface area contributed by atoms with Crippen molar-refractivity contribution in [2.45, 2.75) is 5.41 Å². The minimum Gasteiger partial charge on any atom is -0.455 e. The molecule has 57 heavy (non-hydrogen) atoms. The molecule has 11 rings (SSSR count). The van der Waals surface area contributed by atoms with Gasteiger partial charge in [0, 0.05) is 33.4 Å². The Hall–Kier alpha value is -7.42. The average molecular weight is 728 g/mol. The Kier molecular flexibility index (Phi) is 7.75. The number of anilines is 3. The van der Waals surface area contributed by atoms with Crippen LogP contribution in [0.15, 0.2) is 229 Å². The van der Waals surface area contributed by atoms with E-state index in [1.165, 1.54) is 44.5 Å². The lowest BCUT2D eigenvalue weighted by atomic mass is 9.68. The molecule has 0 amide bonds. The predicted octanol–water partition coefficient (Wildman–Crippen LogP) is 14.8. The Labute approximate surface area is 332 Å². The molecular weight excluding hydrogens is 691 g/mol. The first-order valence-corrected chi connectivity index (χ1v) is 19.6. The van der Waals surface area contributed by atoms with Gasteiger partial charge in [0.15, 0.2) is 0 Å². The molecular formula is C55H37NO. The summed E-state index contributed by atoms with van der Waals surface area (Å²) in [4.78, 5) is 2.37. The van der Waals surface area contributed by atoms with Crippen LogP contribution >= 0.6 is 0 Å². The van der Waals surface area contributed by atoms with Gasteiger partial charge in [-0.3, -0.25) is 0 Å². The molecule has 0 radical (unpaired) electrons. The molecule has 1 heterocycles. The fraction of sp³-hybridized carbons (Fsp3) is 0.0182. The van der Waals surface area contributed by atoms with Gasteiger partial charge in [0.2, 0.25) is 0 Å². The number of hydrogen-bond donors (Lipinski definition) is 0. The second-order valence-corrected chi connectivity index (χ2v) is 14.8. The summed E-state index contributed by atoms with van der Waals surface area (Å²) >= 11 is 0. The van der Waals surface area contributed by atoms with Crippen LogP contribution in [0.1, 0.15) is 22.3 Å². The largest absolute Gasteiger partial charge is 0.455 e. The molecule has 1 aliphatic carbocycles. The van der Waals surface area contributed by atoms with Crippen molar-refractivity contribution in [3.63, 3.8) is 0 Å². The maximum Gasteiger partial charge on any atom is 0.143 e.